The Labute approximate surface area is 130 Å². The van der Waals surface area contributed by atoms with Gasteiger partial charge >= 0.3 is 0 Å². The lowest BCUT2D eigenvalue weighted by Gasteiger charge is -2.32. The molecule has 1 aromatic heterocycles. The van der Waals surface area contributed by atoms with Crippen LogP contribution >= 0.6 is 11.3 Å². The smallest absolute Gasteiger partial charge is 0.131 e. The number of nitrogens with one attached hydrogen (secondary N) is 1. The minimum Gasteiger partial charge on any atom is -0.311 e. The standard InChI is InChI=1S/C17H23FN2S/c1-17(2,20(3)4)12-19-11-13-7-8-15(18)14(10-13)16-6-5-9-21-16/h5-10,19H,11-12H2,1-4H3. The van der Waals surface area contributed by atoms with Crippen LogP contribution in [0.25, 0.3) is 10.4 Å². The average Bonchev–Trinajstić information content (AvgIpc) is 2.94. The molecule has 1 heterocycles. The van der Waals surface area contributed by atoms with Crippen LogP contribution in [-0.2, 0) is 6.54 Å². The van der Waals surface area contributed by atoms with E-state index in [1.54, 1.807) is 17.4 Å². The molecule has 4 heteroatoms. The monoisotopic (exact) mass is 306 g/mol. The average molecular weight is 306 g/mol. The van der Waals surface area contributed by atoms with Gasteiger partial charge < -0.3 is 10.2 Å². The Balaban J connectivity index is 2.04. The Morgan fingerprint density at radius 3 is 2.62 bits per heavy atom. The van der Waals surface area contributed by atoms with Gasteiger partial charge in [0.1, 0.15) is 5.82 Å². The van der Waals surface area contributed by atoms with E-state index < -0.39 is 0 Å². The highest BCUT2D eigenvalue weighted by atomic mass is 32.1. The summed E-state index contributed by atoms with van der Waals surface area (Å²) in [5, 5.41) is 5.43. The summed E-state index contributed by atoms with van der Waals surface area (Å²) in [6.07, 6.45) is 0. The zero-order chi connectivity index (χ0) is 15.5. The lowest BCUT2D eigenvalue weighted by atomic mass is 10.0. The summed E-state index contributed by atoms with van der Waals surface area (Å²) >= 11 is 1.56. The molecule has 0 aliphatic heterocycles. The van der Waals surface area contributed by atoms with E-state index in [0.717, 1.165) is 23.5 Å². The Hall–Kier alpha value is -1.23. The second-order valence-electron chi connectivity index (χ2n) is 6.10. The highest BCUT2D eigenvalue weighted by Gasteiger charge is 2.19. The van der Waals surface area contributed by atoms with Crippen LogP contribution in [0.1, 0.15) is 19.4 Å². The van der Waals surface area contributed by atoms with Crippen LogP contribution in [0.4, 0.5) is 4.39 Å². The van der Waals surface area contributed by atoms with Crippen molar-refractivity contribution in [2.45, 2.75) is 25.9 Å². The Kier molecular flexibility index (Phi) is 5.14. The van der Waals surface area contributed by atoms with Crippen LogP contribution < -0.4 is 5.32 Å². The first-order valence-corrected chi connectivity index (χ1v) is 7.98. The van der Waals surface area contributed by atoms with Gasteiger partial charge in [0.25, 0.3) is 0 Å². The van der Waals surface area contributed by atoms with Gasteiger partial charge in [0.2, 0.25) is 0 Å². The molecule has 21 heavy (non-hydrogen) atoms. The van der Waals surface area contributed by atoms with Crippen molar-refractivity contribution >= 4 is 11.3 Å². The maximum atomic E-state index is 13.9. The van der Waals surface area contributed by atoms with Gasteiger partial charge in [-0.25, -0.2) is 4.39 Å². The van der Waals surface area contributed by atoms with Crippen molar-refractivity contribution in [3.05, 3.63) is 47.1 Å². The quantitative estimate of drug-likeness (QED) is 0.868. The molecule has 2 nitrogen and oxygen atoms in total. The first-order chi connectivity index (χ1) is 9.90. The largest absolute Gasteiger partial charge is 0.311 e. The van der Waals surface area contributed by atoms with E-state index in [1.807, 2.05) is 29.6 Å². The second-order valence-corrected chi connectivity index (χ2v) is 7.05. The maximum absolute atomic E-state index is 13.9. The molecular formula is C17H23FN2S. The summed E-state index contributed by atoms with van der Waals surface area (Å²) in [4.78, 5) is 3.17. The number of nitrogens with zero attached hydrogens (tertiary/aromatic N) is 1. The summed E-state index contributed by atoms with van der Waals surface area (Å²) in [6.45, 7) is 6.02. The highest BCUT2D eigenvalue weighted by molar-refractivity contribution is 7.13. The number of thiophene rings is 1. The van der Waals surface area contributed by atoms with Crippen molar-refractivity contribution in [1.82, 2.24) is 10.2 Å². The van der Waals surface area contributed by atoms with Gasteiger partial charge in [-0.05, 0) is 57.1 Å². The Bertz CT molecular complexity index is 576. The number of benzene rings is 1. The molecule has 0 aliphatic rings. The predicted octanol–water partition coefficient (Wildman–Crippen LogP) is 3.98. The van der Waals surface area contributed by atoms with E-state index in [2.05, 4.69) is 38.2 Å². The predicted molar refractivity (Wildman–Crippen MR) is 89.2 cm³/mol. The molecule has 2 aromatic rings. The minimum absolute atomic E-state index is 0.0939. The van der Waals surface area contributed by atoms with E-state index in [4.69, 9.17) is 0 Å². The maximum Gasteiger partial charge on any atom is 0.131 e. The van der Waals surface area contributed by atoms with Crippen molar-refractivity contribution in [3.8, 4) is 10.4 Å². The highest BCUT2D eigenvalue weighted by Crippen LogP contribution is 2.28. The van der Waals surface area contributed by atoms with E-state index in [0.29, 0.717) is 5.56 Å². The third-order valence-corrected chi connectivity index (χ3v) is 4.82. The van der Waals surface area contributed by atoms with Gasteiger partial charge in [-0.1, -0.05) is 12.1 Å². The van der Waals surface area contributed by atoms with Crippen molar-refractivity contribution in [2.24, 2.45) is 0 Å². The van der Waals surface area contributed by atoms with Crippen molar-refractivity contribution in [1.29, 1.82) is 0 Å². The minimum atomic E-state index is -0.158. The summed E-state index contributed by atoms with van der Waals surface area (Å²) in [6, 6.07) is 9.25. The fraction of sp³-hybridized carbons (Fsp3) is 0.412. The zero-order valence-electron chi connectivity index (χ0n) is 13.1. The molecule has 0 saturated heterocycles. The molecule has 1 N–H and O–H groups in total. The molecular weight excluding hydrogens is 283 g/mol. The third kappa shape index (κ3) is 4.13. The molecule has 0 amide bonds. The SMILES string of the molecule is CN(C)C(C)(C)CNCc1ccc(F)c(-c2cccs2)c1. The number of likely N-dealkylation sites (N-methyl/N-ethyl adjacent to an activating group) is 1. The van der Waals surface area contributed by atoms with Crippen LogP contribution in [0, 0.1) is 5.82 Å². The van der Waals surface area contributed by atoms with Crippen molar-refractivity contribution < 1.29 is 4.39 Å². The number of halogens is 1. The number of rotatable bonds is 6. The summed E-state index contributed by atoms with van der Waals surface area (Å²) in [5.41, 5.74) is 1.89. The molecule has 0 unspecified atom stereocenters. The molecule has 0 spiro atoms. The molecule has 1 aromatic carbocycles. The van der Waals surface area contributed by atoms with Crippen molar-refractivity contribution in [2.75, 3.05) is 20.6 Å². The van der Waals surface area contributed by atoms with Crippen LogP contribution in [0.2, 0.25) is 0 Å². The van der Waals surface area contributed by atoms with Gasteiger partial charge in [0, 0.05) is 29.1 Å². The van der Waals surface area contributed by atoms with Crippen LogP contribution in [0.15, 0.2) is 35.7 Å². The second kappa shape index (κ2) is 6.69. The number of hydrogen-bond donors (Lipinski definition) is 1. The fourth-order valence-corrected chi connectivity index (χ4v) is 2.72. The topological polar surface area (TPSA) is 15.3 Å². The Morgan fingerprint density at radius 2 is 2.00 bits per heavy atom. The molecule has 114 valence electrons. The molecule has 0 saturated carbocycles. The molecule has 0 fully saturated rings. The number of hydrogen-bond acceptors (Lipinski definition) is 3. The Morgan fingerprint density at radius 1 is 1.24 bits per heavy atom. The molecule has 0 aliphatic carbocycles. The molecule has 0 atom stereocenters. The summed E-state index contributed by atoms with van der Waals surface area (Å²) < 4.78 is 13.9. The molecule has 0 bridgehead atoms. The molecule has 0 radical (unpaired) electrons. The van der Waals surface area contributed by atoms with Gasteiger partial charge in [-0.2, -0.15) is 0 Å². The van der Waals surface area contributed by atoms with Crippen LogP contribution in [0.3, 0.4) is 0 Å². The lowest BCUT2D eigenvalue weighted by Crippen LogP contribution is -2.46. The van der Waals surface area contributed by atoms with Gasteiger partial charge in [-0.15, -0.1) is 11.3 Å². The first kappa shape index (κ1) is 16.1. The fourth-order valence-electron chi connectivity index (χ4n) is 1.97. The molecule has 2 rings (SSSR count). The van der Waals surface area contributed by atoms with E-state index >= 15 is 0 Å². The lowest BCUT2D eigenvalue weighted by molar-refractivity contribution is 0.190. The van der Waals surface area contributed by atoms with E-state index in [-0.39, 0.29) is 11.4 Å². The first-order valence-electron chi connectivity index (χ1n) is 7.10. The van der Waals surface area contributed by atoms with E-state index in [9.17, 15) is 4.39 Å². The van der Waals surface area contributed by atoms with Crippen LogP contribution in [0.5, 0.6) is 0 Å². The zero-order valence-corrected chi connectivity index (χ0v) is 13.9. The van der Waals surface area contributed by atoms with Gasteiger partial charge in [0.15, 0.2) is 0 Å². The summed E-state index contributed by atoms with van der Waals surface area (Å²) in [5.74, 6) is -0.158. The third-order valence-electron chi connectivity index (χ3n) is 3.91. The van der Waals surface area contributed by atoms with E-state index in [1.165, 1.54) is 0 Å². The van der Waals surface area contributed by atoms with Crippen LogP contribution in [-0.4, -0.2) is 31.1 Å². The van der Waals surface area contributed by atoms with Crippen molar-refractivity contribution in [3.63, 3.8) is 0 Å². The van der Waals surface area contributed by atoms with Gasteiger partial charge in [0.05, 0.1) is 0 Å². The summed E-state index contributed by atoms with van der Waals surface area (Å²) in [7, 11) is 4.16. The van der Waals surface area contributed by atoms with Gasteiger partial charge in [-0.3, -0.25) is 0 Å². The normalized spacial score (nSPS) is 12.1.